The van der Waals surface area contributed by atoms with Crippen molar-refractivity contribution in [3.8, 4) is 17.0 Å². The largest absolute Gasteiger partial charge is 0.500 e. The van der Waals surface area contributed by atoms with Gasteiger partial charge in [-0.25, -0.2) is 0 Å². The van der Waals surface area contributed by atoms with Crippen LogP contribution in [0.25, 0.3) is 11.3 Å². The molecule has 1 aromatic heterocycles. The molecule has 0 unspecified atom stereocenters. The van der Waals surface area contributed by atoms with Gasteiger partial charge in [0.05, 0.1) is 23.8 Å². The third-order valence-corrected chi connectivity index (χ3v) is 4.76. The van der Waals surface area contributed by atoms with Crippen LogP contribution in [0.4, 0.5) is 0 Å². The zero-order chi connectivity index (χ0) is 16.8. The number of ether oxygens (including phenoxy) is 1. The van der Waals surface area contributed by atoms with E-state index in [1.165, 1.54) is 0 Å². The van der Waals surface area contributed by atoms with Gasteiger partial charge in [-0.15, -0.1) is 0 Å². The van der Waals surface area contributed by atoms with E-state index in [0.29, 0.717) is 5.76 Å². The lowest BCUT2D eigenvalue weighted by Crippen LogP contribution is -2.41. The molecule has 0 aliphatic carbocycles. The molecule has 6 heteroatoms. The molecule has 122 valence electrons. The highest BCUT2D eigenvalue weighted by molar-refractivity contribution is 6.64. The Bertz CT molecular complexity index is 690. The van der Waals surface area contributed by atoms with E-state index in [4.69, 9.17) is 18.6 Å². The van der Waals surface area contributed by atoms with Crippen LogP contribution in [0.5, 0.6) is 5.75 Å². The molecule has 0 spiro atoms. The second-order valence-corrected chi connectivity index (χ2v) is 6.82. The first-order valence-corrected chi connectivity index (χ1v) is 7.71. The van der Waals surface area contributed by atoms with Crippen LogP contribution in [-0.2, 0) is 9.31 Å². The van der Waals surface area contributed by atoms with Crippen molar-refractivity contribution in [2.75, 3.05) is 7.11 Å². The molecule has 23 heavy (non-hydrogen) atoms. The Kier molecular flexibility index (Phi) is 3.77. The van der Waals surface area contributed by atoms with Crippen LogP contribution in [0.2, 0.25) is 0 Å². The SMILES string of the molecule is COc1ccc(-c2noc(C)c2B2OC(C)(C)C(C)(C)O2)cc1. The van der Waals surface area contributed by atoms with Crippen molar-refractivity contribution in [1.82, 2.24) is 5.16 Å². The summed E-state index contributed by atoms with van der Waals surface area (Å²) in [7, 11) is 1.15. The number of nitrogens with zero attached hydrogens (tertiary/aromatic N) is 1. The highest BCUT2D eigenvalue weighted by Gasteiger charge is 2.53. The normalized spacial score (nSPS) is 19.1. The minimum atomic E-state index is -0.497. The molecular weight excluding hydrogens is 293 g/mol. The molecule has 0 saturated carbocycles. The van der Waals surface area contributed by atoms with Crippen LogP contribution < -0.4 is 10.2 Å². The van der Waals surface area contributed by atoms with Crippen molar-refractivity contribution in [3.63, 3.8) is 0 Å². The third-order valence-electron chi connectivity index (χ3n) is 4.76. The zero-order valence-corrected chi connectivity index (χ0v) is 14.5. The molecule has 0 radical (unpaired) electrons. The fraction of sp³-hybridized carbons (Fsp3) is 0.471. The highest BCUT2D eigenvalue weighted by Crippen LogP contribution is 2.37. The first kappa shape index (κ1) is 16.1. The minimum absolute atomic E-state index is 0.404. The monoisotopic (exact) mass is 315 g/mol. The van der Waals surface area contributed by atoms with E-state index in [-0.39, 0.29) is 0 Å². The number of hydrogen-bond donors (Lipinski definition) is 0. The van der Waals surface area contributed by atoms with Gasteiger partial charge in [0.15, 0.2) is 0 Å². The third kappa shape index (κ3) is 2.66. The van der Waals surface area contributed by atoms with E-state index in [0.717, 1.165) is 22.5 Å². The van der Waals surface area contributed by atoms with Crippen LogP contribution >= 0.6 is 0 Å². The molecule has 0 atom stereocenters. The Labute approximate surface area is 137 Å². The van der Waals surface area contributed by atoms with E-state index in [9.17, 15) is 0 Å². The fourth-order valence-electron chi connectivity index (χ4n) is 2.57. The van der Waals surface area contributed by atoms with Crippen LogP contribution in [0.15, 0.2) is 28.8 Å². The standard InChI is InChI=1S/C17H22BNO4/c1-11-14(18-22-16(2,3)17(4,5)23-18)15(19-21-11)12-7-9-13(20-6)10-8-12/h7-10H,1-6H3. The van der Waals surface area contributed by atoms with Gasteiger partial charge in [0.2, 0.25) is 0 Å². The average molecular weight is 315 g/mol. The number of rotatable bonds is 3. The van der Waals surface area contributed by atoms with Crippen molar-refractivity contribution in [3.05, 3.63) is 30.0 Å². The van der Waals surface area contributed by atoms with Crippen molar-refractivity contribution in [2.24, 2.45) is 0 Å². The summed E-state index contributed by atoms with van der Waals surface area (Å²) in [6.07, 6.45) is 0. The molecule has 0 bridgehead atoms. The number of methoxy groups -OCH3 is 1. The average Bonchev–Trinajstić information content (AvgIpc) is 2.96. The summed E-state index contributed by atoms with van der Waals surface area (Å²) in [4.78, 5) is 0. The van der Waals surface area contributed by atoms with Gasteiger partial charge in [-0.1, -0.05) is 5.16 Å². The number of benzene rings is 1. The maximum Gasteiger partial charge on any atom is 0.500 e. The molecule has 1 aliphatic rings. The molecule has 1 aliphatic heterocycles. The smallest absolute Gasteiger partial charge is 0.497 e. The van der Waals surface area contributed by atoms with Crippen LogP contribution in [-0.4, -0.2) is 30.6 Å². The summed E-state index contributed by atoms with van der Waals surface area (Å²) >= 11 is 0. The Hall–Kier alpha value is -1.79. The number of hydrogen-bond acceptors (Lipinski definition) is 5. The van der Waals surface area contributed by atoms with Crippen molar-refractivity contribution in [2.45, 2.75) is 45.8 Å². The first-order chi connectivity index (χ1) is 10.7. The van der Waals surface area contributed by atoms with Crippen LogP contribution in [0.3, 0.4) is 0 Å². The Morgan fingerprint density at radius 3 is 2.09 bits per heavy atom. The van der Waals surface area contributed by atoms with Gasteiger partial charge in [-0.2, -0.15) is 0 Å². The molecule has 1 fully saturated rings. The highest BCUT2D eigenvalue weighted by atomic mass is 16.7. The van der Waals surface area contributed by atoms with Crippen LogP contribution in [0, 0.1) is 6.92 Å². The Morgan fingerprint density at radius 1 is 1.00 bits per heavy atom. The Balaban J connectivity index is 2.00. The lowest BCUT2D eigenvalue weighted by atomic mass is 9.76. The maximum absolute atomic E-state index is 6.15. The maximum atomic E-state index is 6.15. The lowest BCUT2D eigenvalue weighted by Gasteiger charge is -2.32. The van der Waals surface area contributed by atoms with E-state index in [1.807, 2.05) is 58.9 Å². The predicted octanol–water partition coefficient (Wildman–Crippen LogP) is 2.96. The molecule has 5 nitrogen and oxygen atoms in total. The van der Waals surface area contributed by atoms with Crippen molar-refractivity contribution in [1.29, 1.82) is 0 Å². The van der Waals surface area contributed by atoms with E-state index >= 15 is 0 Å². The molecule has 2 heterocycles. The second kappa shape index (κ2) is 5.39. The summed E-state index contributed by atoms with van der Waals surface area (Å²) in [5.74, 6) is 1.50. The number of aromatic nitrogens is 1. The summed E-state index contributed by atoms with van der Waals surface area (Å²) in [5.41, 5.74) is 1.71. The van der Waals surface area contributed by atoms with E-state index < -0.39 is 18.3 Å². The van der Waals surface area contributed by atoms with E-state index in [1.54, 1.807) is 7.11 Å². The fourth-order valence-corrected chi connectivity index (χ4v) is 2.57. The van der Waals surface area contributed by atoms with Gasteiger partial charge in [-0.3, -0.25) is 0 Å². The zero-order valence-electron chi connectivity index (χ0n) is 14.5. The number of aryl methyl sites for hydroxylation is 1. The molecular formula is C17H22BNO4. The van der Waals surface area contributed by atoms with Gasteiger partial charge in [0.1, 0.15) is 17.2 Å². The molecule has 0 amide bonds. The van der Waals surface area contributed by atoms with Gasteiger partial charge >= 0.3 is 7.12 Å². The molecule has 0 N–H and O–H groups in total. The lowest BCUT2D eigenvalue weighted by molar-refractivity contribution is 0.00578. The van der Waals surface area contributed by atoms with Crippen molar-refractivity contribution < 1.29 is 18.6 Å². The van der Waals surface area contributed by atoms with Gasteiger partial charge in [-0.05, 0) is 58.9 Å². The summed E-state index contributed by atoms with van der Waals surface area (Å²) < 4.78 is 22.9. The summed E-state index contributed by atoms with van der Waals surface area (Å²) in [5, 5.41) is 4.21. The van der Waals surface area contributed by atoms with Crippen molar-refractivity contribution >= 4 is 12.6 Å². The molecule has 1 saturated heterocycles. The predicted molar refractivity (Wildman–Crippen MR) is 88.9 cm³/mol. The topological polar surface area (TPSA) is 53.7 Å². The molecule has 2 aromatic rings. The van der Waals surface area contributed by atoms with E-state index in [2.05, 4.69) is 5.16 Å². The Morgan fingerprint density at radius 2 is 1.57 bits per heavy atom. The minimum Gasteiger partial charge on any atom is -0.497 e. The molecule has 1 aromatic carbocycles. The quantitative estimate of drug-likeness (QED) is 0.815. The van der Waals surface area contributed by atoms with Crippen LogP contribution in [0.1, 0.15) is 33.5 Å². The summed E-state index contributed by atoms with van der Waals surface area (Å²) in [6, 6.07) is 7.69. The van der Waals surface area contributed by atoms with Gasteiger partial charge in [0.25, 0.3) is 0 Å². The molecule has 3 rings (SSSR count). The van der Waals surface area contributed by atoms with Gasteiger partial charge < -0.3 is 18.6 Å². The summed E-state index contributed by atoms with van der Waals surface area (Å²) in [6.45, 7) is 10.00. The van der Waals surface area contributed by atoms with Gasteiger partial charge in [0, 0.05) is 5.56 Å². The second-order valence-electron chi connectivity index (χ2n) is 6.82. The first-order valence-electron chi connectivity index (χ1n) is 7.71.